The van der Waals surface area contributed by atoms with Gasteiger partial charge in [-0.05, 0) is 32.2 Å². The third-order valence-electron chi connectivity index (χ3n) is 3.60. The van der Waals surface area contributed by atoms with Crippen LogP contribution in [0.1, 0.15) is 52.9 Å². The summed E-state index contributed by atoms with van der Waals surface area (Å²) in [6, 6.07) is 0. The molecule has 0 atom stereocenters. The second-order valence-electron chi connectivity index (χ2n) is 4.66. The van der Waals surface area contributed by atoms with Crippen LogP contribution < -0.4 is 5.32 Å². The summed E-state index contributed by atoms with van der Waals surface area (Å²) < 4.78 is 0. The Balaban J connectivity index is 3.83. The van der Waals surface area contributed by atoms with Crippen LogP contribution in [0.3, 0.4) is 0 Å². The molecule has 0 radical (unpaired) electrons. The lowest BCUT2D eigenvalue weighted by atomic mass is 9.90. The molecule has 3 heteroatoms. The molecule has 0 aromatic rings. The number of hydrogen-bond donors (Lipinski definition) is 1. The van der Waals surface area contributed by atoms with Crippen LogP contribution in [0, 0.1) is 0 Å². The van der Waals surface area contributed by atoms with Crippen LogP contribution in [0.2, 0.25) is 0 Å². The van der Waals surface area contributed by atoms with E-state index in [4.69, 9.17) is 0 Å². The molecular weight excluding hydrogens is 200 g/mol. The fraction of sp³-hybridized carbons (Fsp3) is 0.923. The molecule has 0 heterocycles. The Labute approximate surface area is 101 Å². The molecular formula is C13H28N2O. The van der Waals surface area contributed by atoms with Crippen molar-refractivity contribution in [1.82, 2.24) is 10.2 Å². The maximum absolute atomic E-state index is 11.4. The Morgan fingerprint density at radius 3 is 2.00 bits per heavy atom. The first kappa shape index (κ1) is 15.4. The maximum atomic E-state index is 11.4. The smallest absolute Gasteiger partial charge is 0.222 e. The molecule has 1 N–H and O–H groups in total. The van der Waals surface area contributed by atoms with Gasteiger partial charge in [0.15, 0.2) is 0 Å². The lowest BCUT2D eigenvalue weighted by molar-refractivity contribution is -0.128. The summed E-state index contributed by atoms with van der Waals surface area (Å²) in [6.45, 7) is 7.62. The minimum Gasteiger partial charge on any atom is -0.349 e. The van der Waals surface area contributed by atoms with Crippen molar-refractivity contribution >= 4 is 5.91 Å². The summed E-state index contributed by atoms with van der Waals surface area (Å²) in [6.07, 6.45) is 5.04. The van der Waals surface area contributed by atoms with Crippen LogP contribution in [0.4, 0.5) is 0 Å². The molecule has 0 aliphatic carbocycles. The molecule has 0 aromatic carbocycles. The summed E-state index contributed by atoms with van der Waals surface area (Å²) in [5, 5.41) is 3.61. The fourth-order valence-corrected chi connectivity index (χ4v) is 1.94. The third-order valence-corrected chi connectivity index (χ3v) is 3.60. The van der Waals surface area contributed by atoms with E-state index in [0.29, 0.717) is 6.42 Å². The van der Waals surface area contributed by atoms with Gasteiger partial charge >= 0.3 is 0 Å². The standard InChI is InChI=1S/C13H28N2O/c1-6-13(7-2,8-3)14-11-9-10-12(16)15(4)5/h14H,6-11H2,1-5H3. The second-order valence-corrected chi connectivity index (χ2v) is 4.66. The van der Waals surface area contributed by atoms with Gasteiger partial charge in [-0.15, -0.1) is 0 Å². The van der Waals surface area contributed by atoms with Crippen molar-refractivity contribution in [3.63, 3.8) is 0 Å². The average molecular weight is 228 g/mol. The zero-order valence-corrected chi connectivity index (χ0v) is 11.6. The SMILES string of the molecule is CCC(CC)(CC)NCCCC(=O)N(C)C. The van der Waals surface area contributed by atoms with Crippen molar-refractivity contribution < 1.29 is 4.79 Å². The number of nitrogens with zero attached hydrogens (tertiary/aromatic N) is 1. The molecule has 1 amide bonds. The van der Waals surface area contributed by atoms with Crippen LogP contribution in [0.25, 0.3) is 0 Å². The number of hydrogen-bond acceptors (Lipinski definition) is 2. The first-order chi connectivity index (χ1) is 7.51. The van der Waals surface area contributed by atoms with Gasteiger partial charge in [-0.3, -0.25) is 4.79 Å². The van der Waals surface area contributed by atoms with Crippen LogP contribution in [-0.4, -0.2) is 37.0 Å². The van der Waals surface area contributed by atoms with Gasteiger partial charge in [0, 0.05) is 26.1 Å². The van der Waals surface area contributed by atoms with Gasteiger partial charge in [0.2, 0.25) is 5.91 Å². The highest BCUT2D eigenvalue weighted by molar-refractivity contribution is 5.75. The predicted octanol–water partition coefficient (Wildman–Crippen LogP) is 2.41. The molecule has 0 saturated heterocycles. The van der Waals surface area contributed by atoms with Gasteiger partial charge in [0.25, 0.3) is 0 Å². The van der Waals surface area contributed by atoms with Crippen LogP contribution in [-0.2, 0) is 4.79 Å². The summed E-state index contributed by atoms with van der Waals surface area (Å²) >= 11 is 0. The molecule has 0 rings (SSSR count). The molecule has 0 aliphatic rings. The molecule has 16 heavy (non-hydrogen) atoms. The summed E-state index contributed by atoms with van der Waals surface area (Å²) in [5.41, 5.74) is 0.279. The van der Waals surface area contributed by atoms with Crippen molar-refractivity contribution in [2.45, 2.75) is 58.4 Å². The maximum Gasteiger partial charge on any atom is 0.222 e. The van der Waals surface area contributed by atoms with E-state index in [9.17, 15) is 4.79 Å². The van der Waals surface area contributed by atoms with E-state index in [1.165, 1.54) is 0 Å². The van der Waals surface area contributed by atoms with Gasteiger partial charge < -0.3 is 10.2 Å². The van der Waals surface area contributed by atoms with Crippen LogP contribution >= 0.6 is 0 Å². The van der Waals surface area contributed by atoms with Crippen molar-refractivity contribution in [3.8, 4) is 0 Å². The first-order valence-electron chi connectivity index (χ1n) is 6.46. The Morgan fingerprint density at radius 1 is 1.12 bits per heavy atom. The van der Waals surface area contributed by atoms with E-state index in [1.54, 1.807) is 4.90 Å². The van der Waals surface area contributed by atoms with Crippen LogP contribution in [0.5, 0.6) is 0 Å². The highest BCUT2D eigenvalue weighted by Crippen LogP contribution is 2.18. The van der Waals surface area contributed by atoms with Crippen molar-refractivity contribution in [2.75, 3.05) is 20.6 Å². The molecule has 0 saturated carbocycles. The quantitative estimate of drug-likeness (QED) is 0.647. The van der Waals surface area contributed by atoms with Gasteiger partial charge in [-0.1, -0.05) is 20.8 Å². The van der Waals surface area contributed by atoms with E-state index in [-0.39, 0.29) is 11.4 Å². The molecule has 0 aliphatic heterocycles. The summed E-state index contributed by atoms with van der Waals surface area (Å²) in [4.78, 5) is 13.0. The number of carbonyl (C=O) groups excluding carboxylic acids is 1. The van der Waals surface area contributed by atoms with Crippen molar-refractivity contribution in [1.29, 1.82) is 0 Å². The molecule has 3 nitrogen and oxygen atoms in total. The van der Waals surface area contributed by atoms with E-state index >= 15 is 0 Å². The van der Waals surface area contributed by atoms with E-state index < -0.39 is 0 Å². The number of carbonyl (C=O) groups is 1. The zero-order chi connectivity index (χ0) is 12.6. The van der Waals surface area contributed by atoms with E-state index in [0.717, 1.165) is 32.2 Å². The number of rotatable bonds is 8. The first-order valence-corrected chi connectivity index (χ1v) is 6.46. The number of amides is 1. The lowest BCUT2D eigenvalue weighted by Gasteiger charge is -2.32. The molecule has 0 unspecified atom stereocenters. The highest BCUT2D eigenvalue weighted by atomic mass is 16.2. The molecule has 0 bridgehead atoms. The third kappa shape index (κ3) is 4.97. The van der Waals surface area contributed by atoms with Crippen molar-refractivity contribution in [3.05, 3.63) is 0 Å². The minimum atomic E-state index is 0.219. The Morgan fingerprint density at radius 2 is 1.62 bits per heavy atom. The van der Waals surface area contributed by atoms with Crippen molar-refractivity contribution in [2.24, 2.45) is 0 Å². The minimum absolute atomic E-state index is 0.219. The fourth-order valence-electron chi connectivity index (χ4n) is 1.94. The van der Waals surface area contributed by atoms with Gasteiger partial charge in [0.1, 0.15) is 0 Å². The molecule has 0 fully saturated rings. The van der Waals surface area contributed by atoms with Gasteiger partial charge in [0.05, 0.1) is 0 Å². The van der Waals surface area contributed by atoms with Gasteiger partial charge in [-0.25, -0.2) is 0 Å². The summed E-state index contributed by atoms with van der Waals surface area (Å²) in [5.74, 6) is 0.219. The predicted molar refractivity (Wildman–Crippen MR) is 69.5 cm³/mol. The lowest BCUT2D eigenvalue weighted by Crippen LogP contribution is -2.44. The second kappa shape index (κ2) is 7.66. The average Bonchev–Trinajstić information content (AvgIpc) is 2.30. The highest BCUT2D eigenvalue weighted by Gasteiger charge is 2.22. The Kier molecular flexibility index (Phi) is 7.39. The van der Waals surface area contributed by atoms with Crippen LogP contribution in [0.15, 0.2) is 0 Å². The summed E-state index contributed by atoms with van der Waals surface area (Å²) in [7, 11) is 3.62. The topological polar surface area (TPSA) is 32.3 Å². The normalized spacial score (nSPS) is 11.6. The largest absolute Gasteiger partial charge is 0.349 e. The molecule has 0 aromatic heterocycles. The van der Waals surface area contributed by atoms with Gasteiger partial charge in [-0.2, -0.15) is 0 Å². The Hall–Kier alpha value is -0.570. The zero-order valence-electron chi connectivity index (χ0n) is 11.6. The molecule has 0 spiro atoms. The molecule has 96 valence electrons. The van der Waals surface area contributed by atoms with E-state index in [2.05, 4.69) is 26.1 Å². The Bertz CT molecular complexity index is 190. The van der Waals surface area contributed by atoms with E-state index in [1.807, 2.05) is 14.1 Å². The number of nitrogens with one attached hydrogen (secondary N) is 1. The monoisotopic (exact) mass is 228 g/mol.